The van der Waals surface area contributed by atoms with Gasteiger partial charge >= 0.3 is 0 Å². The Morgan fingerprint density at radius 1 is 0.321 bits per heavy atom. The summed E-state index contributed by atoms with van der Waals surface area (Å²) in [4.78, 5) is 0. The topological polar surface area (TPSA) is 27.7 Å². The Bertz CT molecular complexity index is 2620. The van der Waals surface area contributed by atoms with Gasteiger partial charge in [-0.2, -0.15) is 0 Å². The molecule has 644 valence electrons. The summed E-state index contributed by atoms with van der Waals surface area (Å²) in [7, 11) is 4.99. The standard InChI is InChI=1S/C12H18O2.C11H16O.C11H16.C10H20.C10H14.C10H22.C9H20.C8H18.2C7H16.C6H14.C5H12/c1-12(2,3)9-6-7-10(13-4)11(8-9)14-5;1-11(2,3)9-5-7-10(12-4)8-6-9;1-9-5-7-10(8-6-9)11(2,3)4;2*1-10(2,3)9-7-5-4-6-8-9;1-5-6-7-8-9-10(2,3)4;1-5-6-7-8-9(2,3)4;1-5-6-7-8(2,3)4;1-6(2)7(3,4)5;1-5-6-7(2,3)4;1-5-6(2,3)4;1-5(2,3)4/h6-8H,1-5H3;5-8H,1-4H3;5-8H,1-4H3;9H,4-8H2,1-3H3;4-8H,1-3H3;5-9H2,1-4H3;5-8H2,1-4H3;5-7H2,1-4H3;6H,1-5H3;5-6H2,1-4H3;5H2,1-4H3;1-4H3. The molecule has 0 saturated heterocycles. The minimum Gasteiger partial charge on any atom is -0.497 e. The molecule has 0 bridgehead atoms. The minimum absolute atomic E-state index is 0.138. The number of benzene rings is 4. The van der Waals surface area contributed by atoms with Gasteiger partial charge in [0.25, 0.3) is 0 Å². The summed E-state index contributed by atoms with van der Waals surface area (Å²) in [6.45, 7) is 101. The molecule has 1 aliphatic carbocycles. The molecule has 109 heavy (non-hydrogen) atoms. The summed E-state index contributed by atoms with van der Waals surface area (Å²) in [5.41, 5.74) is 12.0. The lowest BCUT2D eigenvalue weighted by Crippen LogP contribution is -2.22. The van der Waals surface area contributed by atoms with E-state index in [0.29, 0.717) is 48.7 Å². The molecule has 3 heteroatoms. The summed E-state index contributed by atoms with van der Waals surface area (Å²) >= 11 is 0. The first-order chi connectivity index (χ1) is 49.0. The monoisotopic (exact) mass is 1520 g/mol. The van der Waals surface area contributed by atoms with Crippen molar-refractivity contribution in [2.24, 2.45) is 55.2 Å². The molecule has 0 N–H and O–H groups in total. The van der Waals surface area contributed by atoms with E-state index in [2.05, 4.69) is 384 Å². The smallest absolute Gasteiger partial charge is 0.161 e. The maximum absolute atomic E-state index is 5.25. The number of unbranched alkanes of at least 4 members (excludes halogenated alkanes) is 6. The Kier molecular flexibility index (Phi) is 64.2. The number of hydrogen-bond acceptors (Lipinski definition) is 3. The lowest BCUT2D eigenvalue weighted by molar-refractivity contribution is 0.180. The largest absolute Gasteiger partial charge is 0.497 e. The Balaban J connectivity index is -0.000000210. The van der Waals surface area contributed by atoms with E-state index < -0.39 is 0 Å². The van der Waals surface area contributed by atoms with Crippen molar-refractivity contribution in [3.8, 4) is 17.2 Å². The molecule has 4 aromatic rings. The highest BCUT2D eigenvalue weighted by molar-refractivity contribution is 5.44. The highest BCUT2D eigenvalue weighted by atomic mass is 16.5. The number of methoxy groups -OCH3 is 3. The van der Waals surface area contributed by atoms with Crippen LogP contribution in [-0.4, -0.2) is 21.3 Å². The molecular formula is C106H202O3. The molecule has 0 spiro atoms. The molecule has 5 rings (SSSR count). The first-order valence-electron chi connectivity index (χ1n) is 44.0. The Morgan fingerprint density at radius 2 is 0.624 bits per heavy atom. The normalized spacial score (nSPS) is 12.8. The zero-order valence-corrected chi connectivity index (χ0v) is 83.8. The van der Waals surface area contributed by atoms with Crippen molar-refractivity contribution in [3.05, 3.63) is 125 Å². The number of hydrogen-bond donors (Lipinski definition) is 0. The molecule has 1 fully saturated rings. The molecule has 0 atom stereocenters. The van der Waals surface area contributed by atoms with E-state index >= 15 is 0 Å². The molecule has 0 amide bonds. The van der Waals surface area contributed by atoms with Gasteiger partial charge in [-0.3, -0.25) is 0 Å². The van der Waals surface area contributed by atoms with Gasteiger partial charge in [0.15, 0.2) is 11.5 Å². The van der Waals surface area contributed by atoms with E-state index in [-0.39, 0.29) is 16.2 Å². The number of rotatable bonds is 13. The third-order valence-corrected chi connectivity index (χ3v) is 19.0. The van der Waals surface area contributed by atoms with Crippen LogP contribution in [-0.2, 0) is 21.7 Å². The van der Waals surface area contributed by atoms with Crippen molar-refractivity contribution in [2.45, 2.75) is 462 Å². The molecule has 1 saturated carbocycles. The Hall–Kier alpha value is -3.72. The van der Waals surface area contributed by atoms with Crippen molar-refractivity contribution in [2.75, 3.05) is 21.3 Å². The van der Waals surface area contributed by atoms with E-state index in [9.17, 15) is 0 Å². The molecule has 0 unspecified atom stereocenters. The van der Waals surface area contributed by atoms with Gasteiger partial charge < -0.3 is 14.2 Å². The molecule has 3 nitrogen and oxygen atoms in total. The van der Waals surface area contributed by atoms with Crippen molar-refractivity contribution in [3.63, 3.8) is 0 Å². The predicted molar refractivity (Wildman–Crippen MR) is 505 cm³/mol. The third kappa shape index (κ3) is 86.5. The fourth-order valence-corrected chi connectivity index (χ4v) is 9.80. The van der Waals surface area contributed by atoms with Gasteiger partial charge in [0, 0.05) is 0 Å². The van der Waals surface area contributed by atoms with Crippen molar-refractivity contribution in [1.82, 2.24) is 0 Å². The highest BCUT2D eigenvalue weighted by Crippen LogP contribution is 2.38. The van der Waals surface area contributed by atoms with Crippen molar-refractivity contribution in [1.29, 1.82) is 0 Å². The van der Waals surface area contributed by atoms with Crippen LogP contribution in [0.2, 0.25) is 0 Å². The van der Waals surface area contributed by atoms with E-state index in [1.54, 1.807) is 21.3 Å². The van der Waals surface area contributed by atoms with Gasteiger partial charge in [-0.1, -0.05) is 473 Å². The van der Waals surface area contributed by atoms with Crippen LogP contribution < -0.4 is 14.2 Å². The minimum atomic E-state index is 0.138. The average molecular weight is 1520 g/mol. The SMILES string of the molecule is CC(C)(C)C.CC(C)(C)C1CCCCC1.CC(C)(C)c1ccccc1.CC(C)C(C)(C)C.CCC(C)(C)C.CCCC(C)(C)C.CCCCC(C)(C)C.CCCCCC(C)(C)C.CCCCCCC(C)(C)C.COc1ccc(C(C)(C)C)cc1.COc1ccc(C(C)(C)C)cc1OC.Cc1ccc(C(C)(C)C)cc1. The van der Waals surface area contributed by atoms with Gasteiger partial charge in [0.05, 0.1) is 21.3 Å². The van der Waals surface area contributed by atoms with Crippen molar-refractivity contribution >= 4 is 0 Å². The second kappa shape index (κ2) is 59.0. The summed E-state index contributed by atoms with van der Waals surface area (Å²) in [5, 5.41) is 0. The Morgan fingerprint density at radius 3 is 0.862 bits per heavy atom. The summed E-state index contributed by atoms with van der Waals surface area (Å²) in [5.74, 6) is 4.29. The van der Waals surface area contributed by atoms with Crippen LogP contribution in [0.3, 0.4) is 0 Å². The number of ether oxygens (including phenoxy) is 3. The van der Waals surface area contributed by atoms with Crippen LogP contribution in [0, 0.1) is 62.1 Å². The van der Waals surface area contributed by atoms with Crippen LogP contribution in [0.25, 0.3) is 0 Å². The van der Waals surface area contributed by atoms with Gasteiger partial charge in [-0.05, 0) is 169 Å². The molecule has 0 heterocycles. The zero-order valence-electron chi connectivity index (χ0n) is 83.8. The van der Waals surface area contributed by atoms with E-state index in [1.807, 2.05) is 24.3 Å². The quantitative estimate of drug-likeness (QED) is 0.125. The first kappa shape index (κ1) is 119. The Labute approximate surface area is 690 Å². The second-order valence-corrected chi connectivity index (χ2v) is 45.5. The summed E-state index contributed by atoms with van der Waals surface area (Å²) in [6.07, 6.45) is 27.9. The van der Waals surface area contributed by atoms with Crippen LogP contribution in [0.1, 0.15) is 461 Å². The molecular weight excluding hydrogens is 1320 g/mol. The molecule has 4 aromatic carbocycles. The fourth-order valence-electron chi connectivity index (χ4n) is 9.80. The molecule has 1 aliphatic rings. The fraction of sp³-hybridized carbons (Fsp3) is 0.774. The summed E-state index contributed by atoms with van der Waals surface area (Å²) < 4.78 is 15.5. The molecule has 0 radical (unpaired) electrons. The molecule has 0 aliphatic heterocycles. The second-order valence-electron chi connectivity index (χ2n) is 45.5. The zero-order chi connectivity index (χ0) is 87.4. The van der Waals surface area contributed by atoms with Crippen LogP contribution in [0.5, 0.6) is 17.2 Å². The van der Waals surface area contributed by atoms with Gasteiger partial charge in [-0.15, -0.1) is 0 Å². The van der Waals surface area contributed by atoms with E-state index in [1.165, 1.54) is 156 Å². The van der Waals surface area contributed by atoms with Gasteiger partial charge in [0.1, 0.15) is 5.75 Å². The van der Waals surface area contributed by atoms with Crippen LogP contribution in [0.4, 0.5) is 0 Å². The first-order valence-corrected chi connectivity index (χ1v) is 44.0. The van der Waals surface area contributed by atoms with E-state index in [4.69, 9.17) is 14.2 Å². The van der Waals surface area contributed by atoms with E-state index in [0.717, 1.165) is 29.1 Å². The maximum atomic E-state index is 5.25. The predicted octanol–water partition coefficient (Wildman–Crippen LogP) is 36.7. The third-order valence-electron chi connectivity index (χ3n) is 19.0. The lowest BCUT2D eigenvalue weighted by Gasteiger charge is -2.33. The average Bonchev–Trinajstić information content (AvgIpc) is 0.834. The van der Waals surface area contributed by atoms with Crippen LogP contribution >= 0.6 is 0 Å². The molecule has 0 aromatic heterocycles. The highest BCUT2D eigenvalue weighted by Gasteiger charge is 2.26. The number of aryl methyl sites for hydroxylation is 1. The lowest BCUT2D eigenvalue weighted by atomic mass is 9.72. The summed E-state index contributed by atoms with van der Waals surface area (Å²) in [6, 6.07) is 33.6. The van der Waals surface area contributed by atoms with Gasteiger partial charge in [0.2, 0.25) is 0 Å². The maximum Gasteiger partial charge on any atom is 0.161 e. The van der Waals surface area contributed by atoms with Gasteiger partial charge in [-0.25, -0.2) is 0 Å². The van der Waals surface area contributed by atoms with Crippen LogP contribution in [0.15, 0.2) is 97.1 Å². The van der Waals surface area contributed by atoms with Crippen molar-refractivity contribution < 1.29 is 14.2 Å².